The first-order chi connectivity index (χ1) is 4.18. The quantitative estimate of drug-likeness (QED) is 0.323. The molecule has 0 aromatic rings. The minimum Gasteiger partial charge on any atom is -0.343 e. The molecule has 56 valence electrons. The van der Waals surface area contributed by atoms with Crippen LogP contribution < -0.4 is 11.8 Å². The van der Waals surface area contributed by atoms with Crippen molar-refractivity contribution in [2.75, 3.05) is 6.16 Å². The van der Waals surface area contributed by atoms with Gasteiger partial charge in [-0.05, 0) is 0 Å². The second kappa shape index (κ2) is 3.98. The number of hydrogen-bond donors (Lipinski definition) is 2. The van der Waals surface area contributed by atoms with Crippen molar-refractivity contribution in [3.63, 3.8) is 0 Å². The summed E-state index contributed by atoms with van der Waals surface area (Å²) in [5, 5.41) is 0. The topological polar surface area (TPSA) is 89.2 Å². The van der Waals surface area contributed by atoms with Crippen LogP contribution in [-0.2, 0) is 13.8 Å². The van der Waals surface area contributed by atoms with E-state index in [1.165, 1.54) is 0 Å². The first kappa shape index (κ1) is 9.07. The van der Waals surface area contributed by atoms with Gasteiger partial charge < -0.3 is 6.92 Å². The van der Waals surface area contributed by atoms with Gasteiger partial charge in [-0.2, -0.15) is 6.42 Å². The largest absolute Gasteiger partial charge is 0.394 e. The maximum absolute atomic E-state index is 10.9. The molecule has 5 nitrogen and oxygen atoms in total. The maximum Gasteiger partial charge on any atom is 0.394 e. The maximum atomic E-state index is 10.9. The van der Waals surface area contributed by atoms with E-state index in [4.69, 9.17) is 0 Å². The second-order valence-electron chi connectivity index (χ2n) is 1.42. The fourth-order valence-corrected chi connectivity index (χ4v) is 1.02. The van der Waals surface area contributed by atoms with Crippen molar-refractivity contribution in [2.45, 2.75) is 6.42 Å². The molecule has 0 aliphatic rings. The Morgan fingerprint density at radius 1 is 1.78 bits per heavy atom. The summed E-state index contributed by atoms with van der Waals surface area (Å²) in [5.74, 6) is 7.60. The Hall–Kier alpha value is 0.0700. The third-order valence-corrected chi connectivity index (χ3v) is 2.37. The Labute approximate surface area is 53.7 Å². The van der Waals surface area contributed by atoms with E-state index in [-0.39, 0.29) is 6.16 Å². The van der Waals surface area contributed by atoms with Crippen molar-refractivity contribution in [1.29, 1.82) is 0 Å². The molecule has 5 N–H and O–H groups in total. The smallest absolute Gasteiger partial charge is 0.343 e. The summed E-state index contributed by atoms with van der Waals surface area (Å²) in [5.41, 5.74) is 0. The first-order valence-corrected chi connectivity index (χ1v) is 4.12. The Morgan fingerprint density at radius 2 is 2.33 bits per heavy atom. The lowest BCUT2D eigenvalue weighted by Gasteiger charge is -2.08. The van der Waals surface area contributed by atoms with Gasteiger partial charge in [0.1, 0.15) is 0 Å². The van der Waals surface area contributed by atoms with Gasteiger partial charge >= 0.3 is 7.60 Å². The zero-order chi connectivity index (χ0) is 7.33. The predicted molar refractivity (Wildman–Crippen MR) is 31.7 cm³/mol. The Morgan fingerprint density at radius 3 is 2.44 bits per heavy atom. The van der Waals surface area contributed by atoms with Gasteiger partial charge in [-0.25, -0.2) is 16.4 Å². The Balaban J connectivity index is 3.78. The SMILES string of the molecule is [CH2-]CCP(=O)(ON)O[NH3+]. The van der Waals surface area contributed by atoms with Crippen LogP contribution in [0.1, 0.15) is 6.42 Å². The summed E-state index contributed by atoms with van der Waals surface area (Å²) in [6.07, 6.45) is 0.650. The highest BCUT2D eigenvalue weighted by atomic mass is 31.2. The molecule has 0 bridgehead atoms. The van der Waals surface area contributed by atoms with Gasteiger partial charge in [0.15, 0.2) is 0 Å². The summed E-state index contributed by atoms with van der Waals surface area (Å²) < 4.78 is 19.2. The minimum absolute atomic E-state index is 0.201. The first-order valence-electron chi connectivity index (χ1n) is 2.39. The number of nitrogens with two attached hydrogens (primary N) is 1. The third-order valence-electron chi connectivity index (χ3n) is 0.789. The minimum atomic E-state index is -3.08. The van der Waals surface area contributed by atoms with Gasteiger partial charge in [0.25, 0.3) is 0 Å². The van der Waals surface area contributed by atoms with Gasteiger partial charge in [-0.3, -0.25) is 4.57 Å². The second-order valence-corrected chi connectivity index (χ2v) is 3.56. The zero-order valence-electron chi connectivity index (χ0n) is 5.08. The van der Waals surface area contributed by atoms with Crippen molar-refractivity contribution >= 4 is 7.60 Å². The van der Waals surface area contributed by atoms with Gasteiger partial charge in [0.05, 0.1) is 0 Å². The standard InChI is InChI=1S/C3H11N2O3P/c1-2-3-9(6,7-4)8-5/h1-4H2,5H3. The average molecular weight is 154 g/mol. The summed E-state index contributed by atoms with van der Waals surface area (Å²) in [6, 6.07) is 0. The number of hydrogen-bond acceptors (Lipinski definition) is 4. The molecule has 0 aliphatic heterocycles. The monoisotopic (exact) mass is 154 g/mol. The van der Waals surface area contributed by atoms with E-state index < -0.39 is 7.60 Å². The Bertz CT molecular complexity index is 110. The number of quaternary nitrogens is 1. The highest BCUT2D eigenvalue weighted by molar-refractivity contribution is 7.53. The van der Waals surface area contributed by atoms with E-state index >= 15 is 0 Å². The van der Waals surface area contributed by atoms with E-state index in [0.29, 0.717) is 6.42 Å². The predicted octanol–water partition coefficient (Wildman–Crippen LogP) is -0.533. The summed E-state index contributed by atoms with van der Waals surface area (Å²) in [7, 11) is -3.08. The third kappa shape index (κ3) is 2.93. The molecule has 9 heavy (non-hydrogen) atoms. The summed E-state index contributed by atoms with van der Waals surface area (Å²) in [6.45, 7) is 3.45. The molecule has 0 amide bonds. The van der Waals surface area contributed by atoms with Gasteiger partial charge in [-0.15, -0.1) is 4.62 Å². The molecule has 0 radical (unpaired) electrons. The van der Waals surface area contributed by atoms with Crippen LogP contribution in [0.3, 0.4) is 0 Å². The normalized spacial score (nSPS) is 17.2. The van der Waals surface area contributed by atoms with Crippen molar-refractivity contribution in [1.82, 2.24) is 0 Å². The lowest BCUT2D eigenvalue weighted by atomic mass is 10.6. The fraction of sp³-hybridized carbons (Fsp3) is 0.667. The van der Waals surface area contributed by atoms with Crippen molar-refractivity contribution < 1.29 is 19.7 Å². The molecular weight excluding hydrogens is 143 g/mol. The van der Waals surface area contributed by atoms with Gasteiger partial charge in [-0.1, -0.05) is 0 Å². The van der Waals surface area contributed by atoms with E-state index in [2.05, 4.69) is 28.0 Å². The van der Waals surface area contributed by atoms with Crippen LogP contribution in [0.4, 0.5) is 0 Å². The summed E-state index contributed by atoms with van der Waals surface area (Å²) in [4.78, 5) is 0. The van der Waals surface area contributed by atoms with Crippen LogP contribution in [-0.4, -0.2) is 6.16 Å². The van der Waals surface area contributed by atoms with Crippen LogP contribution >= 0.6 is 7.60 Å². The van der Waals surface area contributed by atoms with Crippen molar-refractivity contribution in [3.05, 3.63) is 6.92 Å². The molecule has 0 saturated heterocycles. The molecule has 1 unspecified atom stereocenters. The van der Waals surface area contributed by atoms with Crippen LogP contribution in [0.15, 0.2) is 0 Å². The molecule has 0 heterocycles. The fourth-order valence-electron chi connectivity index (χ4n) is 0.341. The van der Waals surface area contributed by atoms with E-state index in [1.807, 2.05) is 0 Å². The molecule has 0 aliphatic carbocycles. The lowest BCUT2D eigenvalue weighted by Crippen LogP contribution is -2.47. The molecule has 0 fully saturated rings. The van der Waals surface area contributed by atoms with Crippen LogP contribution in [0.25, 0.3) is 0 Å². The molecular formula is C3H11N2O3P. The molecule has 0 aromatic carbocycles. The molecule has 0 saturated carbocycles. The highest BCUT2D eigenvalue weighted by Crippen LogP contribution is 2.43. The number of rotatable bonds is 4. The van der Waals surface area contributed by atoms with Crippen molar-refractivity contribution in [3.8, 4) is 0 Å². The van der Waals surface area contributed by atoms with E-state index in [0.717, 1.165) is 0 Å². The zero-order valence-corrected chi connectivity index (χ0v) is 5.97. The van der Waals surface area contributed by atoms with Crippen LogP contribution in [0.2, 0.25) is 0 Å². The average Bonchev–Trinajstić information content (AvgIpc) is 1.89. The molecule has 0 spiro atoms. The molecule has 0 rings (SSSR count). The highest BCUT2D eigenvalue weighted by Gasteiger charge is 2.21. The van der Waals surface area contributed by atoms with E-state index in [9.17, 15) is 4.57 Å². The summed E-state index contributed by atoms with van der Waals surface area (Å²) >= 11 is 0. The lowest BCUT2D eigenvalue weighted by molar-refractivity contribution is -0.640. The van der Waals surface area contributed by atoms with Gasteiger partial charge in [0, 0.05) is 6.16 Å². The Kier molecular flexibility index (Phi) is 4.01. The van der Waals surface area contributed by atoms with Crippen molar-refractivity contribution in [2.24, 2.45) is 5.90 Å². The molecule has 0 aromatic heterocycles. The van der Waals surface area contributed by atoms with Crippen LogP contribution in [0, 0.1) is 6.92 Å². The molecule has 1 atom stereocenters. The van der Waals surface area contributed by atoms with Gasteiger partial charge in [0.2, 0.25) is 0 Å². The van der Waals surface area contributed by atoms with Crippen LogP contribution in [0.5, 0.6) is 0 Å². The molecule has 6 heteroatoms. The van der Waals surface area contributed by atoms with E-state index in [1.54, 1.807) is 0 Å².